The highest BCUT2D eigenvalue weighted by atomic mass is 32.2. The van der Waals surface area contributed by atoms with E-state index in [-0.39, 0.29) is 41.5 Å². The van der Waals surface area contributed by atoms with Crippen LogP contribution < -0.4 is 4.74 Å². The van der Waals surface area contributed by atoms with Crippen molar-refractivity contribution in [2.45, 2.75) is 43.7 Å². The monoisotopic (exact) mass is 474 g/mol. The summed E-state index contributed by atoms with van der Waals surface area (Å²) in [4.78, 5) is 22.4. The molecule has 1 aromatic carbocycles. The summed E-state index contributed by atoms with van der Waals surface area (Å²) in [6, 6.07) is 4.30. The second kappa shape index (κ2) is 9.36. The van der Waals surface area contributed by atoms with Gasteiger partial charge in [-0.05, 0) is 37.5 Å². The van der Waals surface area contributed by atoms with Crippen molar-refractivity contribution >= 4 is 15.9 Å². The quantitative estimate of drug-likeness (QED) is 0.679. The van der Waals surface area contributed by atoms with E-state index >= 15 is 0 Å². The summed E-state index contributed by atoms with van der Waals surface area (Å²) in [5.41, 5.74) is 1.45. The van der Waals surface area contributed by atoms with E-state index in [9.17, 15) is 18.3 Å². The number of carbonyl (C=O) groups excluding carboxylic acids is 1. The fraction of sp³-hybridized carbons (Fsp3) is 0.522. The number of benzene rings is 1. The first-order chi connectivity index (χ1) is 15.7. The Morgan fingerprint density at radius 3 is 2.61 bits per heavy atom. The number of aromatic nitrogens is 2. The van der Waals surface area contributed by atoms with Gasteiger partial charge in [0.25, 0.3) is 0 Å². The van der Waals surface area contributed by atoms with Crippen LogP contribution in [-0.2, 0) is 14.8 Å². The summed E-state index contributed by atoms with van der Waals surface area (Å²) < 4.78 is 34.8. The highest BCUT2D eigenvalue weighted by Crippen LogP contribution is 2.37. The number of amides is 1. The van der Waals surface area contributed by atoms with E-state index in [1.54, 1.807) is 43.4 Å². The van der Waals surface area contributed by atoms with Gasteiger partial charge in [0.05, 0.1) is 13.2 Å². The van der Waals surface area contributed by atoms with Gasteiger partial charge in [-0.2, -0.15) is 4.31 Å². The van der Waals surface area contributed by atoms with Gasteiger partial charge < -0.3 is 14.7 Å². The maximum absolute atomic E-state index is 13.6. The summed E-state index contributed by atoms with van der Waals surface area (Å²) in [5.74, 6) is 0.175. The molecule has 2 aromatic rings. The van der Waals surface area contributed by atoms with Gasteiger partial charge in [-0.1, -0.05) is 13.0 Å². The molecule has 1 aliphatic carbocycles. The van der Waals surface area contributed by atoms with E-state index < -0.39 is 22.2 Å². The van der Waals surface area contributed by atoms with Crippen molar-refractivity contribution in [2.24, 2.45) is 11.8 Å². The van der Waals surface area contributed by atoms with Crippen molar-refractivity contribution < 1.29 is 23.1 Å². The lowest BCUT2D eigenvalue weighted by molar-refractivity contribution is -0.132. The number of carbonyl (C=O) groups is 1. The van der Waals surface area contributed by atoms with E-state index in [0.29, 0.717) is 6.54 Å². The van der Waals surface area contributed by atoms with Crippen molar-refractivity contribution in [1.29, 1.82) is 0 Å². The standard InChI is InChI=1S/C23H30N4O5S/c1-15-11-27(16(2)13-28)33(30,31)22-7-6-18(19-9-24-14-25-10-19)8-20(22)32-21(15)12-26(3)23(29)17-4-5-17/h6-10,14-17,21,28H,4-5,11-13H2,1-3H3/t15-,16-,21+/m0/s1. The molecular formula is C23H30N4O5S. The molecule has 1 amide bonds. The number of hydrogen-bond acceptors (Lipinski definition) is 7. The highest BCUT2D eigenvalue weighted by molar-refractivity contribution is 7.89. The Morgan fingerprint density at radius 2 is 1.97 bits per heavy atom. The topological polar surface area (TPSA) is 113 Å². The predicted molar refractivity (Wildman–Crippen MR) is 122 cm³/mol. The molecule has 1 aromatic heterocycles. The van der Waals surface area contributed by atoms with Crippen LogP contribution in [-0.4, -0.2) is 77.5 Å². The lowest BCUT2D eigenvalue weighted by Gasteiger charge is -2.37. The molecule has 0 bridgehead atoms. The SMILES string of the molecule is C[C@H]1CN([C@@H](C)CO)S(=O)(=O)c2ccc(-c3cncnc3)cc2O[C@@H]1CN(C)C(=O)C1CC1. The van der Waals surface area contributed by atoms with E-state index in [0.717, 1.165) is 24.0 Å². The van der Waals surface area contributed by atoms with Crippen LogP contribution in [0.2, 0.25) is 0 Å². The van der Waals surface area contributed by atoms with Gasteiger partial charge in [0.1, 0.15) is 23.1 Å². The summed E-state index contributed by atoms with van der Waals surface area (Å²) in [5, 5.41) is 9.76. The molecule has 33 heavy (non-hydrogen) atoms. The largest absolute Gasteiger partial charge is 0.487 e. The van der Waals surface area contributed by atoms with Crippen LogP contribution >= 0.6 is 0 Å². The molecule has 2 heterocycles. The molecule has 9 nitrogen and oxygen atoms in total. The molecule has 0 saturated heterocycles. The third-order valence-electron chi connectivity index (χ3n) is 6.32. The zero-order valence-electron chi connectivity index (χ0n) is 19.1. The molecule has 2 aliphatic rings. The molecule has 1 aliphatic heterocycles. The van der Waals surface area contributed by atoms with E-state index in [2.05, 4.69) is 9.97 Å². The number of ether oxygens (including phenoxy) is 1. The van der Waals surface area contributed by atoms with Gasteiger partial charge in [-0.3, -0.25) is 4.79 Å². The average molecular weight is 475 g/mol. The third kappa shape index (κ3) is 4.87. The molecule has 178 valence electrons. The number of rotatable bonds is 6. The van der Waals surface area contributed by atoms with Gasteiger partial charge in [0, 0.05) is 49.4 Å². The van der Waals surface area contributed by atoms with Crippen LogP contribution in [0.5, 0.6) is 5.75 Å². The molecule has 0 radical (unpaired) electrons. The van der Waals surface area contributed by atoms with Gasteiger partial charge >= 0.3 is 0 Å². The number of likely N-dealkylation sites (N-methyl/N-ethyl adjacent to an activating group) is 1. The van der Waals surface area contributed by atoms with Gasteiger partial charge in [-0.15, -0.1) is 0 Å². The fourth-order valence-corrected chi connectivity index (χ4v) is 5.90. The van der Waals surface area contributed by atoms with Crippen molar-refractivity contribution in [3.63, 3.8) is 0 Å². The summed E-state index contributed by atoms with van der Waals surface area (Å²) in [7, 11) is -2.16. The highest BCUT2D eigenvalue weighted by Gasteiger charge is 2.39. The maximum atomic E-state index is 13.6. The van der Waals surface area contributed by atoms with Gasteiger partial charge in [0.15, 0.2) is 0 Å². The van der Waals surface area contributed by atoms with Crippen molar-refractivity contribution in [3.8, 4) is 16.9 Å². The average Bonchev–Trinajstić information content (AvgIpc) is 3.66. The number of hydrogen-bond donors (Lipinski definition) is 1. The minimum absolute atomic E-state index is 0.0384. The molecule has 3 atom stereocenters. The lowest BCUT2D eigenvalue weighted by atomic mass is 10.0. The fourth-order valence-electron chi connectivity index (χ4n) is 4.07. The maximum Gasteiger partial charge on any atom is 0.247 e. The smallest absolute Gasteiger partial charge is 0.247 e. The Labute approximate surface area is 194 Å². The zero-order chi connectivity index (χ0) is 23.8. The molecule has 1 saturated carbocycles. The molecular weight excluding hydrogens is 444 g/mol. The predicted octanol–water partition coefficient (Wildman–Crippen LogP) is 1.78. The zero-order valence-corrected chi connectivity index (χ0v) is 19.9. The normalized spacial score (nSPS) is 23.5. The van der Waals surface area contributed by atoms with Gasteiger partial charge in [-0.25, -0.2) is 18.4 Å². The van der Waals surface area contributed by atoms with E-state index in [4.69, 9.17) is 4.74 Å². The van der Waals surface area contributed by atoms with Gasteiger partial charge in [0.2, 0.25) is 15.9 Å². The minimum Gasteiger partial charge on any atom is -0.487 e. The lowest BCUT2D eigenvalue weighted by Crippen LogP contribution is -2.50. The Bertz CT molecular complexity index is 1110. The molecule has 0 unspecified atom stereocenters. The van der Waals surface area contributed by atoms with E-state index in [1.807, 2.05) is 6.92 Å². The number of fused-ring (bicyclic) bond motifs is 1. The summed E-state index contributed by atoms with van der Waals surface area (Å²) in [6.45, 7) is 3.81. The first-order valence-corrected chi connectivity index (χ1v) is 12.6. The van der Waals surface area contributed by atoms with Crippen LogP contribution in [0, 0.1) is 11.8 Å². The molecule has 0 spiro atoms. The number of sulfonamides is 1. The molecule has 10 heteroatoms. The third-order valence-corrected chi connectivity index (χ3v) is 8.34. The van der Waals surface area contributed by atoms with E-state index in [1.165, 1.54) is 16.7 Å². The van der Waals surface area contributed by atoms with Crippen molar-refractivity contribution in [2.75, 3.05) is 26.7 Å². The second-order valence-corrected chi connectivity index (χ2v) is 10.9. The van der Waals surface area contributed by atoms with Crippen LogP contribution in [0.15, 0.2) is 41.8 Å². The summed E-state index contributed by atoms with van der Waals surface area (Å²) >= 11 is 0. The van der Waals surface area contributed by atoms with Crippen molar-refractivity contribution in [3.05, 3.63) is 36.9 Å². The van der Waals surface area contributed by atoms with Crippen LogP contribution in [0.3, 0.4) is 0 Å². The molecule has 4 rings (SSSR count). The minimum atomic E-state index is -3.92. The van der Waals surface area contributed by atoms with Crippen LogP contribution in [0.1, 0.15) is 26.7 Å². The van der Waals surface area contributed by atoms with Crippen LogP contribution in [0.4, 0.5) is 0 Å². The Hall–Kier alpha value is -2.56. The Kier molecular flexibility index (Phi) is 6.69. The summed E-state index contributed by atoms with van der Waals surface area (Å²) in [6.07, 6.45) is 6.12. The number of nitrogens with zero attached hydrogens (tertiary/aromatic N) is 4. The molecule has 1 N–H and O–H groups in total. The first kappa shape index (κ1) is 23.6. The number of aliphatic hydroxyl groups is 1. The molecule has 1 fully saturated rings. The first-order valence-electron chi connectivity index (χ1n) is 11.2. The number of aliphatic hydroxyl groups excluding tert-OH is 1. The Balaban J connectivity index is 1.76. The second-order valence-electron chi connectivity index (χ2n) is 9.02. The van der Waals surface area contributed by atoms with Crippen LogP contribution in [0.25, 0.3) is 11.1 Å². The van der Waals surface area contributed by atoms with Crippen molar-refractivity contribution in [1.82, 2.24) is 19.2 Å². The Morgan fingerprint density at radius 1 is 1.27 bits per heavy atom.